The predicted octanol–water partition coefficient (Wildman–Crippen LogP) is 2.06. The van der Waals surface area contributed by atoms with Crippen LogP contribution in [0.25, 0.3) is 0 Å². The fraction of sp³-hybridized carbons (Fsp3) is 0.250. The summed E-state index contributed by atoms with van der Waals surface area (Å²) >= 11 is 0. The van der Waals surface area contributed by atoms with Crippen molar-refractivity contribution in [1.82, 2.24) is 0 Å². The van der Waals surface area contributed by atoms with Gasteiger partial charge < -0.3 is 29.4 Å². The molecule has 0 N–H and O–H groups in total. The quantitative estimate of drug-likeness (QED) is 0.282. The van der Waals surface area contributed by atoms with Crippen LogP contribution in [-0.4, -0.2) is 36.3 Å². The molecule has 0 saturated heterocycles. The second kappa shape index (κ2) is 22.2. The third-order valence-electron chi connectivity index (χ3n) is 2.79. The van der Waals surface area contributed by atoms with Gasteiger partial charge in [-0.1, -0.05) is 50.2 Å². The summed E-state index contributed by atoms with van der Waals surface area (Å²) < 4.78 is 0. The van der Waals surface area contributed by atoms with Crippen molar-refractivity contribution in [2.45, 2.75) is 27.7 Å². The van der Waals surface area contributed by atoms with Crippen LogP contribution in [0.5, 0.6) is 0 Å². The van der Waals surface area contributed by atoms with Crippen molar-refractivity contribution in [1.29, 1.82) is 0 Å². The number of carbonyl (C=O) groups is 4. The number of hydrogen-bond acceptors (Lipinski definition) is 6. The van der Waals surface area contributed by atoms with Gasteiger partial charge in [0.1, 0.15) is 0 Å². The van der Waals surface area contributed by atoms with E-state index in [1.165, 1.54) is 13.8 Å². The minimum absolute atomic E-state index is 0. The summed E-state index contributed by atoms with van der Waals surface area (Å²) in [7, 11) is 0. The standard InChI is InChI=1S/2C10H9O2.2C2H5O.Ti/c2*1-8(11)7-10(12)9-5-3-2-4-6-9;2*1-2-3;/h2*2-7H,1H3;2*2H2,1H3;/q4*-1;+4. The van der Waals surface area contributed by atoms with Gasteiger partial charge in [-0.2, -0.15) is 0 Å². The summed E-state index contributed by atoms with van der Waals surface area (Å²) in [6.45, 7) is 5.86. The topological polar surface area (TPSA) is 114 Å². The Balaban J connectivity index is -0.000000394. The molecule has 0 radical (unpaired) electrons. The Labute approximate surface area is 199 Å². The second-order valence-electron chi connectivity index (χ2n) is 5.55. The smallest absolute Gasteiger partial charge is 0.855 e. The zero-order chi connectivity index (χ0) is 23.4. The van der Waals surface area contributed by atoms with E-state index in [0.717, 1.165) is 12.8 Å². The molecule has 2 aromatic carbocycles. The molecule has 0 aliphatic heterocycles. The number of rotatable bonds is 6. The van der Waals surface area contributed by atoms with E-state index in [4.69, 9.17) is 10.2 Å². The van der Waals surface area contributed by atoms with Crippen LogP contribution in [0.4, 0.5) is 0 Å². The van der Waals surface area contributed by atoms with Crippen LogP contribution in [-0.2, 0) is 31.3 Å². The van der Waals surface area contributed by atoms with Crippen LogP contribution >= 0.6 is 0 Å². The molecule has 31 heavy (non-hydrogen) atoms. The van der Waals surface area contributed by atoms with Crippen molar-refractivity contribution in [2.75, 3.05) is 13.2 Å². The van der Waals surface area contributed by atoms with Crippen molar-refractivity contribution in [3.05, 3.63) is 84.6 Å². The summed E-state index contributed by atoms with van der Waals surface area (Å²) in [4.78, 5) is 43.5. The fourth-order valence-electron chi connectivity index (χ4n) is 1.74. The fourth-order valence-corrected chi connectivity index (χ4v) is 1.74. The Kier molecular flexibility index (Phi) is 23.7. The minimum atomic E-state index is -0.233. The number of carbonyl (C=O) groups excluding carboxylic acids is 4. The third-order valence-corrected chi connectivity index (χ3v) is 2.79. The largest absolute Gasteiger partial charge is 4.00 e. The molecular weight excluding hydrogens is 432 g/mol. The summed E-state index contributed by atoms with van der Waals surface area (Å²) in [6.07, 6.45) is 2.19. The van der Waals surface area contributed by atoms with Crippen molar-refractivity contribution < 1.29 is 51.1 Å². The van der Waals surface area contributed by atoms with Crippen molar-refractivity contribution >= 4 is 23.1 Å². The maximum atomic E-state index is 11.2. The van der Waals surface area contributed by atoms with Crippen LogP contribution in [0.2, 0.25) is 0 Å². The van der Waals surface area contributed by atoms with Gasteiger partial charge in [-0.15, -0.1) is 61.4 Å². The van der Waals surface area contributed by atoms with Crippen LogP contribution in [0.3, 0.4) is 0 Å². The van der Waals surface area contributed by atoms with Crippen LogP contribution in [0, 0.1) is 12.8 Å². The van der Waals surface area contributed by atoms with Crippen LogP contribution in [0.15, 0.2) is 60.7 Å². The van der Waals surface area contributed by atoms with Crippen molar-refractivity contribution in [2.24, 2.45) is 0 Å². The molecule has 0 amide bonds. The first-order valence-electron chi connectivity index (χ1n) is 9.28. The number of hydrogen-bond donors (Lipinski definition) is 0. The zero-order valence-electron chi connectivity index (χ0n) is 18.3. The van der Waals surface area contributed by atoms with Gasteiger partial charge >= 0.3 is 21.7 Å². The molecule has 0 aliphatic rings. The molecule has 2 rings (SSSR count). The summed E-state index contributed by atoms with van der Waals surface area (Å²) in [5.74, 6) is -0.904. The van der Waals surface area contributed by atoms with Gasteiger partial charge in [0.25, 0.3) is 0 Å². The van der Waals surface area contributed by atoms with Crippen LogP contribution < -0.4 is 10.2 Å². The van der Waals surface area contributed by atoms with Gasteiger partial charge in [0.15, 0.2) is 0 Å². The Morgan fingerprint density at radius 2 is 0.871 bits per heavy atom. The van der Waals surface area contributed by atoms with E-state index in [2.05, 4.69) is 0 Å². The maximum Gasteiger partial charge on any atom is 4.00 e. The van der Waals surface area contributed by atoms with E-state index in [1.807, 2.05) is 12.1 Å². The van der Waals surface area contributed by atoms with Crippen LogP contribution in [0.1, 0.15) is 48.4 Å². The molecule has 7 heteroatoms. The third kappa shape index (κ3) is 20.5. The Morgan fingerprint density at radius 3 is 1.06 bits per heavy atom. The Morgan fingerprint density at radius 1 is 0.645 bits per heavy atom. The molecule has 0 spiro atoms. The molecule has 0 atom stereocenters. The van der Waals surface area contributed by atoms with Gasteiger partial charge in [0, 0.05) is 11.6 Å². The normalized spacial score (nSPS) is 8.19. The first-order chi connectivity index (χ1) is 14.2. The van der Waals surface area contributed by atoms with E-state index in [9.17, 15) is 19.2 Å². The number of ketones is 4. The van der Waals surface area contributed by atoms with Gasteiger partial charge in [-0.25, -0.2) is 0 Å². The molecule has 0 heterocycles. The van der Waals surface area contributed by atoms with E-state index in [0.29, 0.717) is 11.1 Å². The van der Waals surface area contributed by atoms with Gasteiger partial charge in [0.2, 0.25) is 0 Å². The summed E-state index contributed by atoms with van der Waals surface area (Å²) in [5.41, 5.74) is 1.10. The molecule has 0 aromatic heterocycles. The molecule has 164 valence electrons. The Hall–Kier alpha value is -2.51. The zero-order valence-corrected chi connectivity index (χ0v) is 19.9. The maximum absolute atomic E-state index is 11.2. The SMILES string of the molecule is CC(=O)[CH-]C(=O)c1ccccc1.CC(=O)[CH-]C(=O)c1ccccc1.CC[O-].CC[O-].[Ti+4]. The Bertz CT molecular complexity index is 680. The minimum Gasteiger partial charge on any atom is -0.855 e. The van der Waals surface area contributed by atoms with E-state index >= 15 is 0 Å². The van der Waals surface area contributed by atoms with E-state index in [1.54, 1.807) is 62.4 Å². The molecule has 0 aliphatic carbocycles. The van der Waals surface area contributed by atoms with E-state index < -0.39 is 0 Å². The van der Waals surface area contributed by atoms with E-state index in [-0.39, 0.29) is 58.1 Å². The first-order valence-corrected chi connectivity index (χ1v) is 9.28. The molecule has 0 fully saturated rings. The summed E-state index contributed by atoms with van der Waals surface area (Å²) in [6, 6.07) is 17.4. The first kappa shape index (κ1) is 33.1. The summed E-state index contributed by atoms with van der Waals surface area (Å²) in [5, 5.41) is 17.9. The number of Topliss-reactive ketones (excluding diaryl/α,β-unsaturated/α-hetero) is 4. The average molecular weight is 460 g/mol. The second-order valence-corrected chi connectivity index (χ2v) is 5.55. The predicted molar refractivity (Wildman–Crippen MR) is 113 cm³/mol. The molecule has 6 nitrogen and oxygen atoms in total. The number of benzene rings is 2. The monoisotopic (exact) mass is 460 g/mol. The molecule has 2 aromatic rings. The van der Waals surface area contributed by atoms with Crippen molar-refractivity contribution in [3.63, 3.8) is 0 Å². The molecule has 0 saturated carbocycles. The van der Waals surface area contributed by atoms with Crippen molar-refractivity contribution in [3.8, 4) is 0 Å². The molecular formula is C24H28O6Ti. The molecule has 0 unspecified atom stereocenters. The van der Waals surface area contributed by atoms with Gasteiger partial charge in [0.05, 0.1) is 11.6 Å². The van der Waals surface area contributed by atoms with Gasteiger partial charge in [-0.05, 0) is 13.8 Å². The molecule has 0 bridgehead atoms. The average Bonchev–Trinajstić information content (AvgIpc) is 2.70. The van der Waals surface area contributed by atoms with Gasteiger partial charge in [-0.3, -0.25) is 0 Å².